The van der Waals surface area contributed by atoms with E-state index in [0.29, 0.717) is 12.8 Å². The van der Waals surface area contributed by atoms with Gasteiger partial charge in [0.1, 0.15) is 0 Å². The number of carbonyl (C=O) groups is 1. The topological polar surface area (TPSA) is 52.6 Å². The Morgan fingerprint density at radius 3 is 2.35 bits per heavy atom. The zero-order chi connectivity index (χ0) is 17.9. The van der Waals surface area contributed by atoms with E-state index in [4.69, 9.17) is 0 Å². The Morgan fingerprint density at radius 1 is 0.962 bits per heavy atom. The molecule has 2 N–H and O–H groups in total. The van der Waals surface area contributed by atoms with Gasteiger partial charge in [0.15, 0.2) is 0 Å². The van der Waals surface area contributed by atoms with Gasteiger partial charge in [-0.25, -0.2) is 4.79 Å². The van der Waals surface area contributed by atoms with Crippen LogP contribution in [0, 0.1) is 11.8 Å². The summed E-state index contributed by atoms with van der Waals surface area (Å²) in [6.07, 6.45) is 3.04. The zero-order valence-electron chi connectivity index (χ0n) is 14.6. The first kappa shape index (κ1) is 16.7. The Balaban J connectivity index is 1.52. The fraction of sp³-hybridized carbons (Fsp3) is 0.318. The second-order valence-corrected chi connectivity index (χ2v) is 7.01. The summed E-state index contributed by atoms with van der Waals surface area (Å²) in [5.41, 5.74) is 2.47. The predicted octanol–water partition coefficient (Wildman–Crippen LogP) is 3.61. The molecular formula is C22H22N2O2. The number of aliphatic hydroxyl groups excluding tert-OH is 1. The summed E-state index contributed by atoms with van der Waals surface area (Å²) in [6.45, 7) is 0. The first-order chi connectivity index (χ1) is 12.7. The second kappa shape index (κ2) is 7.23. The SMILES string of the molecule is O=C(Nc1ccccc1C#Cc1ccccc1)N1C2CCC1CC(O)C2. The maximum atomic E-state index is 12.8. The number of para-hydroxylation sites is 1. The Kier molecular flexibility index (Phi) is 4.64. The molecule has 0 aromatic heterocycles. The number of amides is 2. The number of rotatable bonds is 1. The van der Waals surface area contributed by atoms with Crippen LogP contribution >= 0.6 is 0 Å². The number of piperidine rings is 1. The van der Waals surface area contributed by atoms with Gasteiger partial charge in [0, 0.05) is 23.2 Å². The van der Waals surface area contributed by atoms with E-state index < -0.39 is 0 Å². The van der Waals surface area contributed by atoms with Crippen LogP contribution < -0.4 is 5.32 Å². The number of nitrogens with one attached hydrogen (secondary N) is 1. The van der Waals surface area contributed by atoms with Crippen LogP contribution in [0.1, 0.15) is 36.8 Å². The molecule has 0 radical (unpaired) electrons. The van der Waals surface area contributed by atoms with Crippen molar-refractivity contribution in [2.45, 2.75) is 43.9 Å². The zero-order valence-corrected chi connectivity index (χ0v) is 14.6. The number of nitrogens with zero attached hydrogens (tertiary/aromatic N) is 1. The van der Waals surface area contributed by atoms with E-state index in [2.05, 4.69) is 17.2 Å². The number of carbonyl (C=O) groups excluding carboxylic acids is 1. The van der Waals surface area contributed by atoms with E-state index in [-0.39, 0.29) is 24.2 Å². The minimum absolute atomic E-state index is 0.0849. The van der Waals surface area contributed by atoms with Crippen LogP contribution in [-0.2, 0) is 0 Å². The predicted molar refractivity (Wildman–Crippen MR) is 102 cm³/mol. The Bertz CT molecular complexity index is 839. The largest absolute Gasteiger partial charge is 0.393 e. The van der Waals surface area contributed by atoms with Crippen molar-refractivity contribution in [3.05, 3.63) is 65.7 Å². The molecule has 4 heteroatoms. The van der Waals surface area contributed by atoms with E-state index in [0.717, 1.165) is 29.7 Å². The molecule has 2 heterocycles. The van der Waals surface area contributed by atoms with Crippen molar-refractivity contribution in [2.24, 2.45) is 0 Å². The van der Waals surface area contributed by atoms with Gasteiger partial charge in [-0.3, -0.25) is 0 Å². The summed E-state index contributed by atoms with van der Waals surface area (Å²) in [6, 6.07) is 17.6. The average molecular weight is 346 g/mol. The summed E-state index contributed by atoms with van der Waals surface area (Å²) in [5.74, 6) is 6.30. The van der Waals surface area contributed by atoms with E-state index in [1.54, 1.807) is 0 Å². The molecule has 4 rings (SSSR count). The molecule has 4 nitrogen and oxygen atoms in total. The highest BCUT2D eigenvalue weighted by Crippen LogP contribution is 2.36. The van der Waals surface area contributed by atoms with Gasteiger partial charge in [-0.1, -0.05) is 42.2 Å². The number of benzene rings is 2. The van der Waals surface area contributed by atoms with Gasteiger partial charge in [0.2, 0.25) is 0 Å². The van der Waals surface area contributed by atoms with Crippen molar-refractivity contribution < 1.29 is 9.90 Å². The fourth-order valence-corrected chi connectivity index (χ4v) is 4.02. The van der Waals surface area contributed by atoms with Gasteiger partial charge in [-0.2, -0.15) is 0 Å². The van der Waals surface area contributed by atoms with Crippen LogP contribution in [0.4, 0.5) is 10.5 Å². The Labute approximate surface area is 153 Å². The van der Waals surface area contributed by atoms with Crippen molar-refractivity contribution in [1.29, 1.82) is 0 Å². The summed E-state index contributed by atoms with van der Waals surface area (Å²) in [7, 11) is 0. The second-order valence-electron chi connectivity index (χ2n) is 7.01. The molecule has 132 valence electrons. The molecule has 2 aromatic carbocycles. The van der Waals surface area contributed by atoms with Crippen molar-refractivity contribution in [1.82, 2.24) is 4.90 Å². The highest BCUT2D eigenvalue weighted by molar-refractivity contribution is 5.91. The number of fused-ring (bicyclic) bond motifs is 2. The normalized spacial score (nSPS) is 23.9. The lowest BCUT2D eigenvalue weighted by Gasteiger charge is -2.37. The molecule has 2 saturated heterocycles. The summed E-state index contributed by atoms with van der Waals surface area (Å²) >= 11 is 0. The first-order valence-corrected chi connectivity index (χ1v) is 9.14. The van der Waals surface area contributed by atoms with Crippen molar-refractivity contribution in [3.8, 4) is 11.8 Å². The molecule has 2 aromatic rings. The third-order valence-corrected chi connectivity index (χ3v) is 5.23. The minimum atomic E-state index is -0.277. The van der Waals surface area contributed by atoms with Gasteiger partial charge >= 0.3 is 6.03 Å². The summed E-state index contributed by atoms with van der Waals surface area (Å²) in [5, 5.41) is 13.0. The quantitative estimate of drug-likeness (QED) is 0.775. The first-order valence-electron chi connectivity index (χ1n) is 9.14. The van der Waals surface area contributed by atoms with Crippen LogP contribution in [0.25, 0.3) is 0 Å². The van der Waals surface area contributed by atoms with Crippen LogP contribution in [-0.4, -0.2) is 34.2 Å². The van der Waals surface area contributed by atoms with E-state index >= 15 is 0 Å². The summed E-state index contributed by atoms with van der Waals surface area (Å²) in [4.78, 5) is 14.8. The lowest BCUT2D eigenvalue weighted by atomic mass is 10.0. The Morgan fingerprint density at radius 2 is 1.62 bits per heavy atom. The van der Waals surface area contributed by atoms with E-state index in [1.807, 2.05) is 59.5 Å². The maximum absolute atomic E-state index is 12.8. The van der Waals surface area contributed by atoms with E-state index in [9.17, 15) is 9.90 Å². The number of hydrogen-bond donors (Lipinski definition) is 2. The highest BCUT2D eigenvalue weighted by Gasteiger charge is 2.42. The molecule has 2 atom stereocenters. The number of urea groups is 1. The third-order valence-electron chi connectivity index (χ3n) is 5.23. The van der Waals surface area contributed by atoms with Crippen LogP contribution in [0.3, 0.4) is 0 Å². The minimum Gasteiger partial charge on any atom is -0.393 e. The number of aliphatic hydroxyl groups is 1. The molecule has 2 aliphatic rings. The van der Waals surface area contributed by atoms with Crippen molar-refractivity contribution in [3.63, 3.8) is 0 Å². The van der Waals surface area contributed by atoms with Crippen LogP contribution in [0.15, 0.2) is 54.6 Å². The molecule has 2 fully saturated rings. The van der Waals surface area contributed by atoms with Crippen LogP contribution in [0.5, 0.6) is 0 Å². The van der Waals surface area contributed by atoms with Gasteiger partial charge in [0.05, 0.1) is 11.8 Å². The molecule has 2 aliphatic heterocycles. The average Bonchev–Trinajstić information content (AvgIpc) is 2.93. The van der Waals surface area contributed by atoms with Gasteiger partial charge in [0.25, 0.3) is 0 Å². The third kappa shape index (κ3) is 3.44. The molecule has 0 saturated carbocycles. The van der Waals surface area contributed by atoms with Gasteiger partial charge in [-0.05, 0) is 49.9 Å². The monoisotopic (exact) mass is 346 g/mol. The molecule has 0 aliphatic carbocycles. The number of hydrogen-bond acceptors (Lipinski definition) is 2. The van der Waals surface area contributed by atoms with Gasteiger partial charge in [-0.15, -0.1) is 0 Å². The number of anilines is 1. The van der Waals surface area contributed by atoms with Crippen molar-refractivity contribution >= 4 is 11.7 Å². The highest BCUT2D eigenvalue weighted by atomic mass is 16.3. The molecular weight excluding hydrogens is 324 g/mol. The van der Waals surface area contributed by atoms with Crippen molar-refractivity contribution in [2.75, 3.05) is 5.32 Å². The standard InChI is InChI=1S/C22H22N2O2/c25-20-14-18-12-13-19(15-20)24(18)22(26)23-21-9-5-4-8-17(21)11-10-16-6-2-1-3-7-16/h1-9,18-20,25H,12-15H2,(H,23,26). The smallest absolute Gasteiger partial charge is 0.322 e. The lowest BCUT2D eigenvalue weighted by molar-refractivity contribution is 0.0580. The summed E-state index contributed by atoms with van der Waals surface area (Å²) < 4.78 is 0. The fourth-order valence-electron chi connectivity index (χ4n) is 4.02. The van der Waals surface area contributed by atoms with E-state index in [1.165, 1.54) is 0 Å². The van der Waals surface area contributed by atoms with Gasteiger partial charge < -0.3 is 15.3 Å². The molecule has 2 bridgehead atoms. The Hall–Kier alpha value is -2.77. The maximum Gasteiger partial charge on any atom is 0.322 e. The molecule has 26 heavy (non-hydrogen) atoms. The lowest BCUT2D eigenvalue weighted by Crippen LogP contribution is -2.49. The molecule has 2 amide bonds. The van der Waals surface area contributed by atoms with Crippen LogP contribution in [0.2, 0.25) is 0 Å². The molecule has 2 unspecified atom stereocenters. The molecule has 0 spiro atoms.